The number of benzene rings is 2. The van der Waals surface area contributed by atoms with Crippen LogP contribution in [0.4, 0.5) is 10.1 Å². The van der Waals surface area contributed by atoms with Gasteiger partial charge in [-0.05, 0) is 36.2 Å². The molecular formula is C21H23FN2O3. The predicted octanol–water partition coefficient (Wildman–Crippen LogP) is 3.24. The molecule has 2 aromatic carbocycles. The lowest BCUT2D eigenvalue weighted by Gasteiger charge is -2.31. The normalized spacial score (nSPS) is 15.8. The van der Waals surface area contributed by atoms with Gasteiger partial charge in [-0.2, -0.15) is 0 Å². The molecule has 1 aliphatic heterocycles. The zero-order chi connectivity index (χ0) is 19.4. The number of rotatable bonds is 6. The largest absolute Gasteiger partial charge is 0.383 e. The Kier molecular flexibility index (Phi) is 5.86. The summed E-state index contributed by atoms with van der Waals surface area (Å²) in [6.07, 6.45) is 0.00661. The fourth-order valence-corrected chi connectivity index (χ4v) is 3.26. The molecule has 0 unspecified atom stereocenters. The Labute approximate surface area is 158 Å². The molecule has 1 heterocycles. The molecule has 6 heteroatoms. The molecule has 1 N–H and O–H groups in total. The van der Waals surface area contributed by atoms with Crippen LogP contribution in [0.5, 0.6) is 0 Å². The highest BCUT2D eigenvalue weighted by Crippen LogP contribution is 2.34. The fourth-order valence-electron chi connectivity index (χ4n) is 3.26. The highest BCUT2D eigenvalue weighted by molar-refractivity contribution is 6.01. The van der Waals surface area contributed by atoms with Crippen molar-refractivity contribution in [3.05, 3.63) is 65.0 Å². The molecule has 0 bridgehead atoms. The molecule has 2 amide bonds. The van der Waals surface area contributed by atoms with E-state index in [0.717, 1.165) is 11.1 Å². The van der Waals surface area contributed by atoms with E-state index < -0.39 is 11.7 Å². The molecule has 142 valence electrons. The number of methoxy groups -OCH3 is 1. The van der Waals surface area contributed by atoms with Gasteiger partial charge in [-0.25, -0.2) is 4.39 Å². The van der Waals surface area contributed by atoms with Crippen LogP contribution in [0.3, 0.4) is 0 Å². The summed E-state index contributed by atoms with van der Waals surface area (Å²) in [6, 6.07) is 12.0. The Morgan fingerprint density at radius 1 is 1.26 bits per heavy atom. The molecule has 0 aliphatic carbocycles. The minimum atomic E-state index is -0.702. The molecule has 0 fully saturated rings. The lowest BCUT2D eigenvalue weighted by Crippen LogP contribution is -2.40. The van der Waals surface area contributed by atoms with E-state index in [9.17, 15) is 14.0 Å². The third-order valence-corrected chi connectivity index (χ3v) is 4.72. The number of carbonyl (C=O) groups is 2. The van der Waals surface area contributed by atoms with E-state index in [1.807, 2.05) is 31.2 Å². The topological polar surface area (TPSA) is 58.6 Å². The molecule has 0 aromatic heterocycles. The minimum Gasteiger partial charge on any atom is -0.383 e. The van der Waals surface area contributed by atoms with Crippen molar-refractivity contribution in [3.63, 3.8) is 0 Å². The number of anilines is 1. The summed E-state index contributed by atoms with van der Waals surface area (Å²) >= 11 is 0. The van der Waals surface area contributed by atoms with Crippen molar-refractivity contribution in [2.24, 2.45) is 0 Å². The second kappa shape index (κ2) is 8.31. The summed E-state index contributed by atoms with van der Waals surface area (Å²) in [6.45, 7) is 3.19. The molecule has 1 atom stereocenters. The van der Waals surface area contributed by atoms with Gasteiger partial charge in [-0.3, -0.25) is 9.59 Å². The number of nitrogens with zero attached hydrogens (tertiary/aromatic N) is 1. The monoisotopic (exact) mass is 370 g/mol. The maximum absolute atomic E-state index is 13.8. The molecule has 5 nitrogen and oxygen atoms in total. The summed E-state index contributed by atoms with van der Waals surface area (Å²) in [7, 11) is 1.58. The molecule has 0 saturated carbocycles. The summed E-state index contributed by atoms with van der Waals surface area (Å²) < 4.78 is 18.9. The first-order valence-corrected chi connectivity index (χ1v) is 8.90. The van der Waals surface area contributed by atoms with Crippen LogP contribution in [-0.4, -0.2) is 37.0 Å². The van der Waals surface area contributed by atoms with Crippen LogP contribution in [0, 0.1) is 12.7 Å². The van der Waals surface area contributed by atoms with Crippen LogP contribution >= 0.6 is 0 Å². The number of fused-ring (bicyclic) bond motifs is 1. The van der Waals surface area contributed by atoms with Crippen LogP contribution in [0.15, 0.2) is 42.5 Å². The zero-order valence-corrected chi connectivity index (χ0v) is 15.5. The van der Waals surface area contributed by atoms with Crippen LogP contribution in [0.1, 0.15) is 29.0 Å². The van der Waals surface area contributed by atoms with Gasteiger partial charge in [-0.15, -0.1) is 0 Å². The third kappa shape index (κ3) is 4.52. The van der Waals surface area contributed by atoms with E-state index in [-0.39, 0.29) is 18.2 Å². The first kappa shape index (κ1) is 19.0. The second-order valence-corrected chi connectivity index (χ2v) is 6.77. The van der Waals surface area contributed by atoms with E-state index >= 15 is 0 Å². The van der Waals surface area contributed by atoms with E-state index in [2.05, 4.69) is 5.32 Å². The van der Waals surface area contributed by atoms with Gasteiger partial charge in [0.25, 0.3) is 0 Å². The second-order valence-electron chi connectivity index (χ2n) is 6.77. The third-order valence-electron chi connectivity index (χ3n) is 4.72. The van der Waals surface area contributed by atoms with Gasteiger partial charge in [0.2, 0.25) is 11.8 Å². The molecule has 3 rings (SSSR count). The first-order chi connectivity index (χ1) is 13.0. The molecule has 2 aromatic rings. The minimum absolute atomic E-state index is 0.00661. The highest BCUT2D eigenvalue weighted by Gasteiger charge is 2.33. The molecule has 0 saturated heterocycles. The Bertz CT molecular complexity index is 836. The number of aryl methyl sites for hydroxylation is 1. The van der Waals surface area contributed by atoms with Gasteiger partial charge < -0.3 is 15.0 Å². The van der Waals surface area contributed by atoms with Gasteiger partial charge in [0, 0.05) is 32.3 Å². The Morgan fingerprint density at radius 3 is 2.70 bits per heavy atom. The number of ether oxygens (including phenoxy) is 1. The highest BCUT2D eigenvalue weighted by atomic mass is 19.1. The SMILES string of the molecule is COCCN(Cc1ccc(C)cc1)C(=O)[C@H]1CC(=O)Nc2ccc(F)cc21. The van der Waals surface area contributed by atoms with E-state index in [4.69, 9.17) is 4.74 Å². The smallest absolute Gasteiger partial charge is 0.231 e. The lowest BCUT2D eigenvalue weighted by atomic mass is 9.89. The summed E-state index contributed by atoms with van der Waals surface area (Å²) in [5, 5.41) is 2.71. The number of hydrogen-bond acceptors (Lipinski definition) is 3. The maximum atomic E-state index is 13.8. The van der Waals surface area contributed by atoms with Crippen LogP contribution in [0.2, 0.25) is 0 Å². The maximum Gasteiger partial charge on any atom is 0.231 e. The summed E-state index contributed by atoms with van der Waals surface area (Å²) in [4.78, 5) is 27.0. The standard InChI is InChI=1S/C21H23FN2O3/c1-14-3-5-15(6-4-14)13-24(9-10-27-2)21(26)18-12-20(25)23-19-8-7-16(22)11-17(18)19/h3-8,11,18H,9-10,12-13H2,1-2H3,(H,23,25)/t18-/m0/s1. The molecule has 0 radical (unpaired) electrons. The molecule has 27 heavy (non-hydrogen) atoms. The predicted molar refractivity (Wildman–Crippen MR) is 101 cm³/mol. The van der Waals surface area contributed by atoms with Crippen molar-refractivity contribution in [1.82, 2.24) is 4.90 Å². The average Bonchev–Trinajstić information content (AvgIpc) is 2.66. The van der Waals surface area contributed by atoms with Crippen molar-refractivity contribution in [2.75, 3.05) is 25.6 Å². The van der Waals surface area contributed by atoms with Gasteiger partial charge in [0.15, 0.2) is 0 Å². The van der Waals surface area contributed by atoms with Crippen LogP contribution in [0.25, 0.3) is 0 Å². The summed E-state index contributed by atoms with van der Waals surface area (Å²) in [5.41, 5.74) is 3.14. The van der Waals surface area contributed by atoms with Gasteiger partial charge in [-0.1, -0.05) is 29.8 Å². The van der Waals surface area contributed by atoms with Gasteiger partial charge in [0.05, 0.1) is 12.5 Å². The molecular weight excluding hydrogens is 347 g/mol. The van der Waals surface area contributed by atoms with Gasteiger partial charge >= 0.3 is 0 Å². The van der Waals surface area contributed by atoms with Crippen molar-refractivity contribution < 1.29 is 18.7 Å². The van der Waals surface area contributed by atoms with E-state index in [1.54, 1.807) is 12.0 Å². The van der Waals surface area contributed by atoms with Crippen molar-refractivity contribution in [1.29, 1.82) is 0 Å². The van der Waals surface area contributed by atoms with Crippen LogP contribution in [-0.2, 0) is 20.9 Å². The number of hydrogen-bond donors (Lipinski definition) is 1. The Morgan fingerprint density at radius 2 is 2.00 bits per heavy atom. The van der Waals surface area contributed by atoms with E-state index in [0.29, 0.717) is 30.9 Å². The number of amides is 2. The summed E-state index contributed by atoms with van der Waals surface area (Å²) in [5.74, 6) is -1.57. The number of halogens is 1. The first-order valence-electron chi connectivity index (χ1n) is 8.90. The lowest BCUT2D eigenvalue weighted by molar-refractivity contribution is -0.136. The number of nitrogens with one attached hydrogen (secondary N) is 1. The van der Waals surface area contributed by atoms with Crippen molar-refractivity contribution in [2.45, 2.75) is 25.8 Å². The Balaban J connectivity index is 1.88. The average molecular weight is 370 g/mol. The number of carbonyl (C=O) groups excluding carboxylic acids is 2. The van der Waals surface area contributed by atoms with E-state index in [1.165, 1.54) is 18.2 Å². The van der Waals surface area contributed by atoms with Crippen molar-refractivity contribution >= 4 is 17.5 Å². The Hall–Kier alpha value is -2.73. The fraction of sp³-hybridized carbons (Fsp3) is 0.333. The molecule has 0 spiro atoms. The molecule has 1 aliphatic rings. The van der Waals surface area contributed by atoms with Crippen LogP contribution < -0.4 is 5.32 Å². The van der Waals surface area contributed by atoms with Gasteiger partial charge in [0.1, 0.15) is 5.82 Å². The van der Waals surface area contributed by atoms with Crippen molar-refractivity contribution in [3.8, 4) is 0 Å². The zero-order valence-electron chi connectivity index (χ0n) is 15.5. The quantitative estimate of drug-likeness (QED) is 0.849.